The van der Waals surface area contributed by atoms with Gasteiger partial charge in [0.1, 0.15) is 0 Å². The van der Waals surface area contributed by atoms with Crippen LogP contribution in [-0.4, -0.2) is 44.0 Å². The van der Waals surface area contributed by atoms with E-state index in [4.69, 9.17) is 4.74 Å². The SMILES string of the molecule is COC(=O)c1ccc(/C=C/C(=O)O[C@H](C(=O)N(C)C)c2ccccc2)cc1. The van der Waals surface area contributed by atoms with Gasteiger partial charge in [0.15, 0.2) is 0 Å². The molecule has 27 heavy (non-hydrogen) atoms. The summed E-state index contributed by atoms with van der Waals surface area (Å²) in [6.07, 6.45) is 1.78. The first-order valence-corrected chi connectivity index (χ1v) is 8.25. The lowest BCUT2D eigenvalue weighted by Crippen LogP contribution is -2.30. The fraction of sp³-hybridized carbons (Fsp3) is 0.190. The Morgan fingerprint density at radius 2 is 1.59 bits per heavy atom. The number of hydrogen-bond donors (Lipinski definition) is 0. The van der Waals surface area contributed by atoms with Crippen molar-refractivity contribution in [2.24, 2.45) is 0 Å². The number of amides is 1. The van der Waals surface area contributed by atoms with E-state index < -0.39 is 18.0 Å². The minimum Gasteiger partial charge on any atom is -0.465 e. The molecule has 0 spiro atoms. The summed E-state index contributed by atoms with van der Waals surface area (Å²) in [4.78, 5) is 37.3. The fourth-order valence-electron chi connectivity index (χ4n) is 2.29. The molecule has 0 saturated heterocycles. The van der Waals surface area contributed by atoms with Gasteiger partial charge < -0.3 is 14.4 Å². The first-order valence-electron chi connectivity index (χ1n) is 8.25. The second kappa shape index (κ2) is 9.33. The Hall–Kier alpha value is -3.41. The number of carbonyl (C=O) groups excluding carboxylic acids is 3. The number of esters is 2. The van der Waals surface area contributed by atoms with Crippen LogP contribution in [0.3, 0.4) is 0 Å². The maximum absolute atomic E-state index is 12.4. The van der Waals surface area contributed by atoms with Gasteiger partial charge in [-0.25, -0.2) is 9.59 Å². The van der Waals surface area contributed by atoms with Crippen molar-refractivity contribution < 1.29 is 23.9 Å². The second-order valence-electron chi connectivity index (χ2n) is 5.91. The highest BCUT2D eigenvalue weighted by molar-refractivity contribution is 5.92. The van der Waals surface area contributed by atoms with Crippen molar-refractivity contribution in [3.8, 4) is 0 Å². The minimum absolute atomic E-state index is 0.328. The van der Waals surface area contributed by atoms with Gasteiger partial charge in [-0.2, -0.15) is 0 Å². The number of benzene rings is 2. The maximum atomic E-state index is 12.4. The lowest BCUT2D eigenvalue weighted by molar-refractivity contribution is -0.155. The van der Waals surface area contributed by atoms with Crippen LogP contribution in [0.1, 0.15) is 27.6 Å². The summed E-state index contributed by atoms with van der Waals surface area (Å²) in [6, 6.07) is 15.4. The molecule has 0 aromatic heterocycles. The Balaban J connectivity index is 2.10. The predicted molar refractivity (Wildman–Crippen MR) is 101 cm³/mol. The van der Waals surface area contributed by atoms with Gasteiger partial charge in [0.25, 0.3) is 5.91 Å². The van der Waals surface area contributed by atoms with E-state index in [2.05, 4.69) is 4.74 Å². The highest BCUT2D eigenvalue weighted by Crippen LogP contribution is 2.20. The molecular weight excluding hydrogens is 346 g/mol. The van der Waals surface area contributed by atoms with Gasteiger partial charge in [0.05, 0.1) is 12.7 Å². The van der Waals surface area contributed by atoms with E-state index in [0.29, 0.717) is 16.7 Å². The van der Waals surface area contributed by atoms with Crippen molar-refractivity contribution in [2.75, 3.05) is 21.2 Å². The molecule has 0 aliphatic heterocycles. The van der Waals surface area contributed by atoms with Crippen molar-refractivity contribution in [2.45, 2.75) is 6.10 Å². The van der Waals surface area contributed by atoms with Crippen molar-refractivity contribution in [3.63, 3.8) is 0 Å². The van der Waals surface area contributed by atoms with Gasteiger partial charge in [-0.3, -0.25) is 4.79 Å². The molecule has 0 aliphatic rings. The van der Waals surface area contributed by atoms with Crippen LogP contribution in [0.2, 0.25) is 0 Å². The lowest BCUT2D eigenvalue weighted by atomic mass is 10.1. The Bertz CT molecular complexity index is 825. The Morgan fingerprint density at radius 3 is 2.15 bits per heavy atom. The van der Waals surface area contributed by atoms with Crippen LogP contribution < -0.4 is 0 Å². The Morgan fingerprint density at radius 1 is 0.963 bits per heavy atom. The molecule has 2 rings (SSSR count). The van der Waals surface area contributed by atoms with Crippen LogP contribution in [-0.2, 0) is 19.1 Å². The molecule has 6 nitrogen and oxygen atoms in total. The molecule has 0 N–H and O–H groups in total. The standard InChI is InChI=1S/C21H21NO5/c1-22(2)20(24)19(16-7-5-4-6-8-16)27-18(23)14-11-15-9-12-17(13-10-15)21(25)26-3/h4-14,19H,1-3H3/b14-11+/t19-/m0/s1. The molecule has 6 heteroatoms. The largest absolute Gasteiger partial charge is 0.465 e. The van der Waals surface area contributed by atoms with Gasteiger partial charge in [-0.15, -0.1) is 0 Å². The summed E-state index contributed by atoms with van der Waals surface area (Å²) in [5.41, 5.74) is 1.72. The van der Waals surface area contributed by atoms with Crippen LogP contribution >= 0.6 is 0 Å². The lowest BCUT2D eigenvalue weighted by Gasteiger charge is -2.20. The normalized spacial score (nSPS) is 11.7. The molecule has 0 unspecified atom stereocenters. The van der Waals surface area contributed by atoms with Crippen LogP contribution in [0.25, 0.3) is 6.08 Å². The molecular formula is C21H21NO5. The van der Waals surface area contributed by atoms with Crippen LogP contribution in [0.15, 0.2) is 60.7 Å². The topological polar surface area (TPSA) is 72.9 Å². The Labute approximate surface area is 158 Å². The smallest absolute Gasteiger partial charge is 0.337 e. The van der Waals surface area contributed by atoms with E-state index in [0.717, 1.165) is 0 Å². The van der Waals surface area contributed by atoms with Crippen molar-refractivity contribution in [1.29, 1.82) is 0 Å². The molecule has 0 aliphatic carbocycles. The first kappa shape index (κ1) is 19.9. The number of carbonyl (C=O) groups is 3. The number of hydrogen-bond acceptors (Lipinski definition) is 5. The zero-order valence-corrected chi connectivity index (χ0v) is 15.4. The average Bonchev–Trinajstić information content (AvgIpc) is 2.70. The van der Waals surface area contributed by atoms with E-state index in [-0.39, 0.29) is 5.91 Å². The van der Waals surface area contributed by atoms with E-state index in [1.165, 1.54) is 18.1 Å². The summed E-state index contributed by atoms with van der Waals surface area (Å²) < 4.78 is 10.0. The average molecular weight is 367 g/mol. The van der Waals surface area contributed by atoms with Gasteiger partial charge >= 0.3 is 11.9 Å². The summed E-state index contributed by atoms with van der Waals surface area (Å²) in [6.45, 7) is 0. The highest BCUT2D eigenvalue weighted by atomic mass is 16.5. The zero-order chi connectivity index (χ0) is 19.8. The third-order valence-corrected chi connectivity index (χ3v) is 3.75. The quantitative estimate of drug-likeness (QED) is 0.580. The fourth-order valence-corrected chi connectivity index (χ4v) is 2.29. The molecule has 140 valence electrons. The van der Waals surface area contributed by atoms with Crippen molar-refractivity contribution in [3.05, 3.63) is 77.4 Å². The molecule has 0 saturated carbocycles. The second-order valence-corrected chi connectivity index (χ2v) is 5.91. The first-order chi connectivity index (χ1) is 12.9. The van der Waals surface area contributed by atoms with Gasteiger partial charge in [-0.05, 0) is 23.8 Å². The number of nitrogens with zero attached hydrogens (tertiary/aromatic N) is 1. The van der Waals surface area contributed by atoms with E-state index in [9.17, 15) is 14.4 Å². The minimum atomic E-state index is -1.01. The highest BCUT2D eigenvalue weighted by Gasteiger charge is 2.25. The van der Waals surface area contributed by atoms with E-state index in [1.807, 2.05) is 6.07 Å². The Kier molecular flexibility index (Phi) is 6.88. The summed E-state index contributed by atoms with van der Waals surface area (Å²) in [5, 5.41) is 0. The molecule has 0 fully saturated rings. The third-order valence-electron chi connectivity index (χ3n) is 3.75. The molecule has 1 amide bonds. The predicted octanol–water partition coefficient (Wildman–Crippen LogP) is 2.86. The molecule has 1 atom stereocenters. The van der Waals surface area contributed by atoms with Crippen LogP contribution in [0.4, 0.5) is 0 Å². The van der Waals surface area contributed by atoms with E-state index in [1.54, 1.807) is 68.7 Å². The molecule has 2 aromatic rings. The number of rotatable bonds is 6. The monoisotopic (exact) mass is 367 g/mol. The number of likely N-dealkylation sites (N-methyl/N-ethyl adjacent to an activating group) is 1. The van der Waals surface area contributed by atoms with Gasteiger partial charge in [0.2, 0.25) is 6.10 Å². The van der Waals surface area contributed by atoms with Crippen LogP contribution in [0.5, 0.6) is 0 Å². The van der Waals surface area contributed by atoms with Crippen molar-refractivity contribution >= 4 is 23.9 Å². The maximum Gasteiger partial charge on any atom is 0.337 e. The third kappa shape index (κ3) is 5.54. The van der Waals surface area contributed by atoms with Gasteiger partial charge in [0, 0.05) is 25.7 Å². The molecule has 0 bridgehead atoms. The van der Waals surface area contributed by atoms with Crippen LogP contribution in [0, 0.1) is 0 Å². The summed E-state index contributed by atoms with van der Waals surface area (Å²) in [5.74, 6) is -1.40. The summed E-state index contributed by atoms with van der Waals surface area (Å²) in [7, 11) is 4.51. The van der Waals surface area contributed by atoms with Crippen molar-refractivity contribution in [1.82, 2.24) is 4.90 Å². The number of methoxy groups -OCH3 is 1. The number of ether oxygens (including phenoxy) is 2. The molecule has 2 aromatic carbocycles. The van der Waals surface area contributed by atoms with Gasteiger partial charge in [-0.1, -0.05) is 42.5 Å². The van der Waals surface area contributed by atoms with E-state index >= 15 is 0 Å². The molecule has 0 heterocycles. The summed E-state index contributed by atoms with van der Waals surface area (Å²) >= 11 is 0. The molecule has 0 radical (unpaired) electrons. The zero-order valence-electron chi connectivity index (χ0n) is 15.4.